The van der Waals surface area contributed by atoms with Crippen LogP contribution in [-0.2, 0) is 0 Å². The summed E-state index contributed by atoms with van der Waals surface area (Å²) >= 11 is 0. The van der Waals surface area contributed by atoms with Gasteiger partial charge in [-0.2, -0.15) is 0 Å². The summed E-state index contributed by atoms with van der Waals surface area (Å²) in [5.74, 6) is 2.32. The van der Waals surface area contributed by atoms with Crippen LogP contribution >= 0.6 is 0 Å². The first-order valence-electron chi connectivity index (χ1n) is 7.15. The van der Waals surface area contributed by atoms with Crippen LogP contribution in [0, 0.1) is 5.92 Å². The Balaban J connectivity index is 1.92. The number of rotatable bonds is 6. The van der Waals surface area contributed by atoms with E-state index in [4.69, 9.17) is 4.74 Å². The number of methoxy groups -OCH3 is 1. The van der Waals surface area contributed by atoms with Crippen molar-refractivity contribution in [3.63, 3.8) is 0 Å². The lowest BCUT2D eigenvalue weighted by Crippen LogP contribution is -2.40. The molecule has 0 aliphatic carbocycles. The molecule has 1 aromatic rings. The van der Waals surface area contributed by atoms with Crippen LogP contribution < -0.4 is 15.0 Å². The van der Waals surface area contributed by atoms with Crippen molar-refractivity contribution in [2.24, 2.45) is 5.92 Å². The Morgan fingerprint density at radius 1 is 1.47 bits per heavy atom. The topological polar surface area (TPSA) is 50.3 Å². The van der Waals surface area contributed by atoms with Crippen molar-refractivity contribution in [2.45, 2.75) is 26.2 Å². The molecule has 2 rings (SSSR count). The Morgan fingerprint density at radius 3 is 3.16 bits per heavy atom. The van der Waals surface area contributed by atoms with Gasteiger partial charge in [0.25, 0.3) is 0 Å². The lowest BCUT2D eigenvalue weighted by atomic mass is 9.98. The highest BCUT2D eigenvalue weighted by Crippen LogP contribution is 2.22. The third-order valence-electron chi connectivity index (χ3n) is 3.54. The van der Waals surface area contributed by atoms with Crippen LogP contribution in [0.1, 0.15) is 26.2 Å². The van der Waals surface area contributed by atoms with Gasteiger partial charge in [-0.1, -0.05) is 6.92 Å². The van der Waals surface area contributed by atoms with Gasteiger partial charge in [0.2, 0.25) is 5.88 Å². The van der Waals surface area contributed by atoms with E-state index in [-0.39, 0.29) is 0 Å². The molecule has 0 radical (unpaired) electrons. The summed E-state index contributed by atoms with van der Waals surface area (Å²) in [7, 11) is 1.64. The molecule has 1 unspecified atom stereocenters. The molecule has 1 aliphatic rings. The summed E-state index contributed by atoms with van der Waals surface area (Å²) in [5.41, 5.74) is 0. The summed E-state index contributed by atoms with van der Waals surface area (Å²) in [6.07, 6.45) is 5.30. The molecule has 19 heavy (non-hydrogen) atoms. The van der Waals surface area contributed by atoms with Crippen molar-refractivity contribution in [1.29, 1.82) is 0 Å². The molecule has 0 aromatic carbocycles. The van der Waals surface area contributed by atoms with Gasteiger partial charge < -0.3 is 15.0 Å². The predicted molar refractivity (Wildman–Crippen MR) is 76.7 cm³/mol. The predicted octanol–water partition coefficient (Wildman–Crippen LogP) is 1.70. The molecule has 106 valence electrons. The Labute approximate surface area is 115 Å². The van der Waals surface area contributed by atoms with E-state index in [9.17, 15) is 0 Å². The summed E-state index contributed by atoms with van der Waals surface area (Å²) in [5, 5.41) is 3.52. The molecule has 1 aromatic heterocycles. The minimum absolute atomic E-state index is 0.635. The zero-order chi connectivity index (χ0) is 13.5. The van der Waals surface area contributed by atoms with Crippen molar-refractivity contribution in [3.05, 3.63) is 12.4 Å². The maximum atomic E-state index is 5.16. The quantitative estimate of drug-likeness (QED) is 0.793. The van der Waals surface area contributed by atoms with Crippen molar-refractivity contribution in [1.82, 2.24) is 15.3 Å². The standard InChI is InChI=1S/C14H24N4O/c1-3-6-15-9-12-5-4-7-18(10-12)13-8-14(19-2)17-11-16-13/h8,11-12,15H,3-7,9-10H2,1-2H3. The highest BCUT2D eigenvalue weighted by molar-refractivity contribution is 5.41. The number of piperidine rings is 1. The normalized spacial score (nSPS) is 19.5. The number of anilines is 1. The monoisotopic (exact) mass is 264 g/mol. The molecular weight excluding hydrogens is 240 g/mol. The van der Waals surface area contributed by atoms with Crippen LogP contribution in [0.4, 0.5) is 5.82 Å². The van der Waals surface area contributed by atoms with E-state index in [2.05, 4.69) is 27.1 Å². The molecule has 1 N–H and O–H groups in total. The Morgan fingerprint density at radius 2 is 2.37 bits per heavy atom. The van der Waals surface area contributed by atoms with E-state index in [1.165, 1.54) is 19.3 Å². The Bertz CT molecular complexity index is 385. The fourth-order valence-corrected chi connectivity index (χ4v) is 2.54. The summed E-state index contributed by atoms with van der Waals surface area (Å²) < 4.78 is 5.16. The third-order valence-corrected chi connectivity index (χ3v) is 3.54. The lowest BCUT2D eigenvalue weighted by Gasteiger charge is -2.33. The van der Waals surface area contributed by atoms with Crippen LogP contribution in [0.2, 0.25) is 0 Å². The molecule has 0 spiro atoms. The number of aromatic nitrogens is 2. The number of nitrogens with zero attached hydrogens (tertiary/aromatic N) is 3. The molecule has 1 saturated heterocycles. The molecule has 1 atom stereocenters. The van der Waals surface area contributed by atoms with Crippen LogP contribution in [0.15, 0.2) is 12.4 Å². The first-order chi connectivity index (χ1) is 9.33. The molecule has 5 heteroatoms. The first-order valence-corrected chi connectivity index (χ1v) is 7.15. The molecule has 5 nitrogen and oxygen atoms in total. The fraction of sp³-hybridized carbons (Fsp3) is 0.714. The van der Waals surface area contributed by atoms with Gasteiger partial charge in [0.1, 0.15) is 12.1 Å². The Hall–Kier alpha value is -1.36. The SMILES string of the molecule is CCCNCC1CCCN(c2cc(OC)ncn2)C1. The van der Waals surface area contributed by atoms with Crippen LogP contribution in [0.3, 0.4) is 0 Å². The van der Waals surface area contributed by atoms with E-state index in [0.29, 0.717) is 11.8 Å². The van der Waals surface area contributed by atoms with Crippen LogP contribution in [0.5, 0.6) is 5.88 Å². The van der Waals surface area contributed by atoms with Crippen LogP contribution in [0.25, 0.3) is 0 Å². The minimum Gasteiger partial charge on any atom is -0.481 e. The average Bonchev–Trinajstić information content (AvgIpc) is 2.48. The molecule has 0 saturated carbocycles. The minimum atomic E-state index is 0.635. The second-order valence-electron chi connectivity index (χ2n) is 5.08. The van der Waals surface area contributed by atoms with Gasteiger partial charge in [-0.05, 0) is 38.3 Å². The summed E-state index contributed by atoms with van der Waals surface area (Å²) in [4.78, 5) is 10.8. The number of nitrogens with one attached hydrogen (secondary N) is 1. The van der Waals surface area contributed by atoms with E-state index in [1.54, 1.807) is 13.4 Å². The number of ether oxygens (including phenoxy) is 1. The molecule has 0 amide bonds. The van der Waals surface area contributed by atoms with Crippen molar-refractivity contribution >= 4 is 5.82 Å². The number of hydrogen-bond donors (Lipinski definition) is 1. The van der Waals surface area contributed by atoms with Gasteiger partial charge in [0.05, 0.1) is 7.11 Å². The van der Waals surface area contributed by atoms with Gasteiger partial charge in [0.15, 0.2) is 0 Å². The van der Waals surface area contributed by atoms with E-state index >= 15 is 0 Å². The van der Waals surface area contributed by atoms with Crippen molar-refractivity contribution < 1.29 is 4.74 Å². The zero-order valence-electron chi connectivity index (χ0n) is 11.9. The molecule has 1 aliphatic heterocycles. The third kappa shape index (κ3) is 4.06. The van der Waals surface area contributed by atoms with Gasteiger partial charge in [-0.25, -0.2) is 9.97 Å². The van der Waals surface area contributed by atoms with Gasteiger partial charge in [-0.15, -0.1) is 0 Å². The molecule has 1 fully saturated rings. The maximum absolute atomic E-state index is 5.16. The average molecular weight is 264 g/mol. The lowest BCUT2D eigenvalue weighted by molar-refractivity contribution is 0.385. The molecule has 0 bridgehead atoms. The van der Waals surface area contributed by atoms with Gasteiger partial charge in [0, 0.05) is 19.2 Å². The second kappa shape index (κ2) is 7.28. The van der Waals surface area contributed by atoms with E-state index in [0.717, 1.165) is 32.0 Å². The Kier molecular flexibility index (Phi) is 5.39. The fourth-order valence-electron chi connectivity index (χ4n) is 2.54. The summed E-state index contributed by atoms with van der Waals surface area (Å²) in [6, 6.07) is 1.92. The largest absolute Gasteiger partial charge is 0.481 e. The van der Waals surface area contributed by atoms with Crippen molar-refractivity contribution in [2.75, 3.05) is 38.2 Å². The zero-order valence-corrected chi connectivity index (χ0v) is 11.9. The smallest absolute Gasteiger partial charge is 0.218 e. The molecule has 2 heterocycles. The van der Waals surface area contributed by atoms with Gasteiger partial charge >= 0.3 is 0 Å². The maximum Gasteiger partial charge on any atom is 0.218 e. The summed E-state index contributed by atoms with van der Waals surface area (Å²) in [6.45, 7) is 6.55. The van der Waals surface area contributed by atoms with Crippen LogP contribution in [-0.4, -0.2) is 43.3 Å². The second-order valence-corrected chi connectivity index (χ2v) is 5.08. The van der Waals surface area contributed by atoms with E-state index in [1.807, 2.05) is 6.07 Å². The first kappa shape index (κ1) is 14.1. The van der Waals surface area contributed by atoms with E-state index < -0.39 is 0 Å². The highest BCUT2D eigenvalue weighted by atomic mass is 16.5. The van der Waals surface area contributed by atoms with Gasteiger partial charge in [-0.3, -0.25) is 0 Å². The molecular formula is C14H24N4O. The van der Waals surface area contributed by atoms with Crippen molar-refractivity contribution in [3.8, 4) is 5.88 Å². The highest BCUT2D eigenvalue weighted by Gasteiger charge is 2.20. The number of hydrogen-bond acceptors (Lipinski definition) is 5.